The highest BCUT2D eigenvalue weighted by Gasteiger charge is 2.36. The lowest BCUT2D eigenvalue weighted by Gasteiger charge is -2.29. The van der Waals surface area contributed by atoms with Crippen LogP contribution >= 0.6 is 0 Å². The summed E-state index contributed by atoms with van der Waals surface area (Å²) in [5, 5.41) is 6.74. The number of unbranched alkanes of at least 4 members (excludes halogenated alkanes) is 4. The maximum atomic E-state index is 12.0. The molecule has 0 unspecified atom stereocenters. The molecule has 0 fully saturated rings. The monoisotopic (exact) mass is 372 g/mol. The molecule has 0 bridgehead atoms. The van der Waals surface area contributed by atoms with Crippen LogP contribution in [0.2, 0.25) is 18.1 Å². The Morgan fingerprint density at radius 2 is 1.24 bits per heavy atom. The lowest BCUT2D eigenvalue weighted by atomic mass is 10.2. The van der Waals surface area contributed by atoms with E-state index >= 15 is 0 Å². The van der Waals surface area contributed by atoms with Crippen molar-refractivity contribution in [3.05, 3.63) is 0 Å². The van der Waals surface area contributed by atoms with Gasteiger partial charge < -0.3 is 9.16 Å². The molecule has 0 heterocycles. The second kappa shape index (κ2) is 15.0. The van der Waals surface area contributed by atoms with Crippen molar-refractivity contribution >= 4 is 20.5 Å². The lowest BCUT2D eigenvalue weighted by Crippen LogP contribution is -2.39. The maximum absolute atomic E-state index is 12.0. The summed E-state index contributed by atoms with van der Waals surface area (Å²) in [5.41, 5.74) is 0. The fraction of sp³-hybridized carbons (Fsp3) is 0.889. The molecule has 0 aromatic rings. The summed E-state index contributed by atoms with van der Waals surface area (Å²) in [4.78, 5) is 23.5. The summed E-state index contributed by atoms with van der Waals surface area (Å²) in [6, 6.07) is 2.79. The quantitative estimate of drug-likeness (QED) is 0.201. The fourth-order valence-corrected chi connectivity index (χ4v) is 7.28. The van der Waals surface area contributed by atoms with Crippen molar-refractivity contribution in [1.29, 1.82) is 0 Å². The van der Waals surface area contributed by atoms with Crippen molar-refractivity contribution in [1.82, 2.24) is 0 Å². The van der Waals surface area contributed by atoms with Crippen LogP contribution in [-0.4, -0.2) is 27.1 Å². The number of azo groups is 1. The summed E-state index contributed by atoms with van der Waals surface area (Å²) in [5.74, 6) is 0. The molecule has 0 rings (SSSR count). The summed E-state index contributed by atoms with van der Waals surface area (Å²) >= 11 is 0. The summed E-state index contributed by atoms with van der Waals surface area (Å²) < 4.78 is 10.7. The number of nitrogens with zero attached hydrogens (tertiary/aromatic N) is 2. The van der Waals surface area contributed by atoms with Gasteiger partial charge in [-0.3, -0.25) is 0 Å². The predicted molar refractivity (Wildman–Crippen MR) is 102 cm³/mol. The maximum Gasteiger partial charge on any atom is 0.452 e. The molecule has 0 saturated heterocycles. The number of carbonyl (C=O) groups is 2. The number of carbonyl (C=O) groups excluding carboxylic acids is 2. The molecule has 7 heteroatoms. The van der Waals surface area contributed by atoms with Crippen LogP contribution in [0.25, 0.3) is 0 Å². The minimum absolute atomic E-state index is 0.316. The SMILES string of the molecule is CCCCCCCOC(=O)/N=N/C(=O)O[Si](CCC)(CCC)CCC. The van der Waals surface area contributed by atoms with Crippen molar-refractivity contribution in [2.75, 3.05) is 6.61 Å². The minimum Gasteiger partial charge on any atom is -0.501 e. The van der Waals surface area contributed by atoms with Gasteiger partial charge in [-0.15, -0.1) is 0 Å². The van der Waals surface area contributed by atoms with Gasteiger partial charge in [-0.25, -0.2) is 9.59 Å². The predicted octanol–water partition coefficient (Wildman–Crippen LogP) is 6.86. The van der Waals surface area contributed by atoms with Crippen LogP contribution in [0.15, 0.2) is 10.2 Å². The molecule has 0 atom stereocenters. The zero-order chi connectivity index (χ0) is 19.0. The summed E-state index contributed by atoms with van der Waals surface area (Å²) in [6.45, 7) is 8.76. The van der Waals surface area contributed by atoms with Crippen molar-refractivity contribution in [2.45, 2.75) is 97.2 Å². The fourth-order valence-electron chi connectivity index (χ4n) is 3.08. The molecule has 0 radical (unpaired) electrons. The Hall–Kier alpha value is -1.24. The Morgan fingerprint density at radius 1 is 0.720 bits per heavy atom. The van der Waals surface area contributed by atoms with Crippen molar-refractivity contribution in [2.24, 2.45) is 10.2 Å². The van der Waals surface area contributed by atoms with Gasteiger partial charge in [0, 0.05) is 0 Å². The van der Waals surface area contributed by atoms with E-state index in [0.717, 1.165) is 56.7 Å². The van der Waals surface area contributed by atoms with Crippen LogP contribution in [-0.2, 0) is 9.16 Å². The smallest absolute Gasteiger partial charge is 0.452 e. The first-order valence-electron chi connectivity index (χ1n) is 9.85. The van der Waals surface area contributed by atoms with E-state index < -0.39 is 20.5 Å². The Bertz CT molecular complexity index is 386. The van der Waals surface area contributed by atoms with Gasteiger partial charge >= 0.3 is 12.2 Å². The third-order valence-electron chi connectivity index (χ3n) is 4.11. The van der Waals surface area contributed by atoms with E-state index in [1.165, 1.54) is 12.8 Å². The van der Waals surface area contributed by atoms with Gasteiger partial charge in [0.1, 0.15) is 0 Å². The number of hydrogen-bond donors (Lipinski definition) is 0. The number of rotatable bonds is 13. The Labute approximate surface area is 153 Å². The molecule has 146 valence electrons. The molecule has 6 nitrogen and oxygen atoms in total. The topological polar surface area (TPSA) is 77.3 Å². The highest BCUT2D eigenvalue weighted by Crippen LogP contribution is 2.28. The van der Waals surface area contributed by atoms with Gasteiger partial charge in [0.25, 0.3) is 8.32 Å². The number of hydrogen-bond acceptors (Lipinski definition) is 4. The van der Waals surface area contributed by atoms with Crippen molar-refractivity contribution < 1.29 is 18.8 Å². The second-order valence-corrected chi connectivity index (χ2v) is 10.6. The second-order valence-electron chi connectivity index (χ2n) is 6.53. The molecule has 0 aliphatic carbocycles. The van der Waals surface area contributed by atoms with Crippen LogP contribution in [0, 0.1) is 0 Å². The van der Waals surface area contributed by atoms with Crippen LogP contribution < -0.4 is 0 Å². The third-order valence-corrected chi connectivity index (χ3v) is 8.95. The summed E-state index contributed by atoms with van der Waals surface area (Å²) in [7, 11) is -2.13. The molecule has 0 N–H and O–H groups in total. The zero-order valence-electron chi connectivity index (χ0n) is 16.5. The normalized spacial score (nSPS) is 11.7. The van der Waals surface area contributed by atoms with E-state index in [1.54, 1.807) is 0 Å². The van der Waals surface area contributed by atoms with Gasteiger partial charge in [-0.05, 0) is 24.6 Å². The minimum atomic E-state index is -2.13. The van der Waals surface area contributed by atoms with E-state index in [0.29, 0.717) is 6.61 Å². The average Bonchev–Trinajstić information content (AvgIpc) is 2.57. The summed E-state index contributed by atoms with van der Waals surface area (Å²) in [6.07, 6.45) is 6.73. The van der Waals surface area contributed by atoms with Crippen LogP contribution in [0.1, 0.15) is 79.1 Å². The first-order chi connectivity index (χ1) is 12.0. The van der Waals surface area contributed by atoms with Crippen LogP contribution in [0.3, 0.4) is 0 Å². The molecule has 0 saturated carbocycles. The molecule has 0 aliphatic rings. The number of ether oxygens (including phenoxy) is 1. The molecule has 0 spiro atoms. The number of amides is 2. The van der Waals surface area contributed by atoms with E-state index in [2.05, 4.69) is 37.9 Å². The molecular formula is C18H36N2O4Si. The van der Waals surface area contributed by atoms with Crippen LogP contribution in [0.4, 0.5) is 9.59 Å². The molecule has 25 heavy (non-hydrogen) atoms. The molecular weight excluding hydrogens is 336 g/mol. The van der Waals surface area contributed by atoms with Crippen molar-refractivity contribution in [3.63, 3.8) is 0 Å². The van der Waals surface area contributed by atoms with Gasteiger partial charge in [-0.1, -0.05) is 82.9 Å². The van der Waals surface area contributed by atoms with E-state index in [4.69, 9.17) is 9.16 Å². The molecule has 0 aliphatic heterocycles. The zero-order valence-corrected chi connectivity index (χ0v) is 17.5. The Morgan fingerprint density at radius 3 is 1.76 bits per heavy atom. The highest BCUT2D eigenvalue weighted by molar-refractivity contribution is 6.75. The van der Waals surface area contributed by atoms with Gasteiger partial charge in [0.2, 0.25) is 0 Å². The van der Waals surface area contributed by atoms with E-state index in [9.17, 15) is 9.59 Å². The van der Waals surface area contributed by atoms with E-state index in [1.807, 2.05) is 0 Å². The van der Waals surface area contributed by atoms with E-state index in [-0.39, 0.29) is 0 Å². The first kappa shape index (κ1) is 23.8. The standard InChI is InChI=1S/C18H36N2O4Si/c1-5-9-10-11-12-13-23-17(21)19-20-18(22)24-25(14-6-2,15-7-3)16-8-4/h5-16H2,1-4H3/b20-19+. The average molecular weight is 373 g/mol. The lowest BCUT2D eigenvalue weighted by molar-refractivity contribution is 0.151. The van der Waals surface area contributed by atoms with Crippen molar-refractivity contribution in [3.8, 4) is 0 Å². The largest absolute Gasteiger partial charge is 0.501 e. The highest BCUT2D eigenvalue weighted by atomic mass is 28.4. The Kier molecular flexibility index (Phi) is 14.3. The third kappa shape index (κ3) is 11.9. The first-order valence-corrected chi connectivity index (χ1v) is 12.4. The molecule has 0 aromatic heterocycles. The Balaban J connectivity index is 4.33. The molecule has 0 aromatic carbocycles. The van der Waals surface area contributed by atoms with Crippen LogP contribution in [0.5, 0.6) is 0 Å². The van der Waals surface area contributed by atoms with Gasteiger partial charge in [0.05, 0.1) is 6.61 Å². The van der Waals surface area contributed by atoms with Gasteiger partial charge in [-0.2, -0.15) is 0 Å². The van der Waals surface area contributed by atoms with Gasteiger partial charge in [0.15, 0.2) is 0 Å². The molecule has 2 amide bonds.